The zero-order chi connectivity index (χ0) is 24.0. The van der Waals surface area contributed by atoms with Crippen LogP contribution in [0.15, 0.2) is 67.0 Å². The summed E-state index contributed by atoms with van der Waals surface area (Å²) in [5.41, 5.74) is 1.86. The fourth-order valence-electron chi connectivity index (χ4n) is 4.50. The summed E-state index contributed by atoms with van der Waals surface area (Å²) in [6.45, 7) is 3.37. The van der Waals surface area contributed by atoms with Crippen molar-refractivity contribution < 1.29 is 19.0 Å². The Morgan fingerprint density at radius 1 is 1.09 bits per heavy atom. The molecular formula is C27H28ClN3O4. The minimum absolute atomic E-state index is 0.0309. The van der Waals surface area contributed by atoms with Gasteiger partial charge in [0.25, 0.3) is 0 Å². The predicted molar refractivity (Wildman–Crippen MR) is 133 cm³/mol. The Kier molecular flexibility index (Phi) is 7.35. The van der Waals surface area contributed by atoms with Crippen LogP contribution < -0.4 is 19.5 Å². The largest absolute Gasteiger partial charge is 0.492 e. The Bertz CT molecular complexity index is 1130. The zero-order valence-electron chi connectivity index (χ0n) is 19.4. The molecule has 1 N–H and O–H groups in total. The Hall–Kier alpha value is -3.29. The highest BCUT2D eigenvalue weighted by molar-refractivity contribution is 6.30. The normalized spacial score (nSPS) is 16.6. The average Bonchev–Trinajstić information content (AvgIpc) is 3.37. The number of hydrogen-bond donors (Lipinski definition) is 1. The molecule has 0 saturated carbocycles. The van der Waals surface area contributed by atoms with Crippen molar-refractivity contribution in [3.05, 3.63) is 83.1 Å². The quantitative estimate of drug-likeness (QED) is 0.499. The Morgan fingerprint density at radius 3 is 2.66 bits per heavy atom. The highest BCUT2D eigenvalue weighted by Crippen LogP contribution is 2.36. The number of amides is 1. The first-order valence-electron chi connectivity index (χ1n) is 11.9. The van der Waals surface area contributed by atoms with Gasteiger partial charge in [0.05, 0.1) is 6.04 Å². The summed E-state index contributed by atoms with van der Waals surface area (Å²) in [6, 6.07) is 16.7. The lowest BCUT2D eigenvalue weighted by Crippen LogP contribution is -2.42. The molecule has 8 heteroatoms. The van der Waals surface area contributed by atoms with Crippen molar-refractivity contribution in [2.45, 2.75) is 18.9 Å². The van der Waals surface area contributed by atoms with Crippen LogP contribution in [-0.2, 0) is 4.79 Å². The second kappa shape index (κ2) is 11.0. The number of carbonyl (C=O) groups is 1. The standard InChI is InChI=1S/C27H28ClN3O4/c28-22-4-6-23(7-5-22)33-15-14-31-12-9-19(10-13-31)27(32)30-26(21-2-1-11-29-17-21)20-3-8-24-25(16-20)35-18-34-24/h1-8,11,16-17,19,26H,9-10,12-15,18H2,(H,30,32). The highest BCUT2D eigenvalue weighted by Gasteiger charge is 2.28. The highest BCUT2D eigenvalue weighted by atomic mass is 35.5. The van der Waals surface area contributed by atoms with Crippen LogP contribution in [0, 0.1) is 5.92 Å². The second-order valence-electron chi connectivity index (χ2n) is 8.76. The van der Waals surface area contributed by atoms with Crippen molar-refractivity contribution in [3.63, 3.8) is 0 Å². The first-order valence-corrected chi connectivity index (χ1v) is 12.2. The minimum atomic E-state index is -0.309. The van der Waals surface area contributed by atoms with Gasteiger partial charge in [0.2, 0.25) is 12.7 Å². The molecule has 7 nitrogen and oxygen atoms in total. The van der Waals surface area contributed by atoms with Crippen LogP contribution in [0.3, 0.4) is 0 Å². The molecule has 5 rings (SSSR count). The lowest BCUT2D eigenvalue weighted by atomic mass is 9.93. The third-order valence-corrected chi connectivity index (χ3v) is 6.73. The number of pyridine rings is 1. The number of ether oxygens (including phenoxy) is 3. The molecule has 0 bridgehead atoms. The lowest BCUT2D eigenvalue weighted by molar-refractivity contribution is -0.127. The molecule has 0 aliphatic carbocycles. The fourth-order valence-corrected chi connectivity index (χ4v) is 4.63. The van der Waals surface area contributed by atoms with Crippen molar-refractivity contribution in [3.8, 4) is 17.2 Å². The predicted octanol–water partition coefficient (Wildman–Crippen LogP) is 4.46. The van der Waals surface area contributed by atoms with Gasteiger partial charge in [-0.2, -0.15) is 0 Å². The van der Waals surface area contributed by atoms with Crippen molar-refractivity contribution in [2.75, 3.05) is 33.0 Å². The maximum atomic E-state index is 13.3. The van der Waals surface area contributed by atoms with Gasteiger partial charge in [-0.15, -0.1) is 0 Å². The van der Waals surface area contributed by atoms with E-state index in [-0.39, 0.29) is 24.7 Å². The van der Waals surface area contributed by atoms with E-state index in [1.807, 2.05) is 54.6 Å². The smallest absolute Gasteiger partial charge is 0.231 e. The molecule has 0 radical (unpaired) electrons. The molecule has 1 fully saturated rings. The van der Waals surface area contributed by atoms with Crippen LogP contribution >= 0.6 is 11.6 Å². The van der Waals surface area contributed by atoms with Crippen LogP contribution in [0.25, 0.3) is 0 Å². The van der Waals surface area contributed by atoms with E-state index in [1.165, 1.54) is 0 Å². The SMILES string of the molecule is O=C(NC(c1cccnc1)c1ccc2c(c1)OCO2)C1CCN(CCOc2ccc(Cl)cc2)CC1. The number of rotatable bonds is 8. The summed E-state index contributed by atoms with van der Waals surface area (Å²) >= 11 is 5.92. The maximum absolute atomic E-state index is 13.3. The fraction of sp³-hybridized carbons (Fsp3) is 0.333. The molecule has 1 unspecified atom stereocenters. The van der Waals surface area contributed by atoms with Gasteiger partial charge >= 0.3 is 0 Å². The van der Waals surface area contributed by atoms with Crippen LogP contribution in [0.1, 0.15) is 30.0 Å². The van der Waals surface area contributed by atoms with E-state index in [2.05, 4.69) is 15.2 Å². The van der Waals surface area contributed by atoms with Gasteiger partial charge in [0, 0.05) is 29.9 Å². The lowest BCUT2D eigenvalue weighted by Gasteiger charge is -2.32. The molecule has 1 amide bonds. The number of piperidine rings is 1. The molecule has 2 aromatic carbocycles. The molecule has 2 aliphatic heterocycles. The number of carbonyl (C=O) groups excluding carboxylic acids is 1. The van der Waals surface area contributed by atoms with E-state index >= 15 is 0 Å². The van der Waals surface area contributed by atoms with Crippen molar-refractivity contribution in [1.82, 2.24) is 15.2 Å². The molecule has 1 saturated heterocycles. The van der Waals surface area contributed by atoms with Crippen LogP contribution in [-0.4, -0.2) is 48.8 Å². The number of likely N-dealkylation sites (tertiary alicyclic amines) is 1. The Labute approximate surface area is 210 Å². The van der Waals surface area contributed by atoms with E-state index in [0.29, 0.717) is 17.4 Å². The Morgan fingerprint density at radius 2 is 1.89 bits per heavy atom. The van der Waals surface area contributed by atoms with Gasteiger partial charge < -0.3 is 19.5 Å². The van der Waals surface area contributed by atoms with E-state index < -0.39 is 0 Å². The monoisotopic (exact) mass is 493 g/mol. The maximum Gasteiger partial charge on any atom is 0.231 e. The summed E-state index contributed by atoms with van der Waals surface area (Å²) in [5.74, 6) is 2.26. The number of fused-ring (bicyclic) bond motifs is 1. The Balaban J connectivity index is 1.16. The van der Waals surface area contributed by atoms with E-state index in [9.17, 15) is 4.79 Å². The van der Waals surface area contributed by atoms with Gasteiger partial charge in [-0.3, -0.25) is 14.7 Å². The molecule has 2 aliphatic rings. The van der Waals surface area contributed by atoms with Gasteiger partial charge in [-0.1, -0.05) is 23.7 Å². The third-order valence-electron chi connectivity index (χ3n) is 6.48. The summed E-state index contributed by atoms with van der Waals surface area (Å²) in [7, 11) is 0. The van der Waals surface area contributed by atoms with Crippen LogP contribution in [0.4, 0.5) is 0 Å². The molecule has 3 heterocycles. The molecule has 35 heavy (non-hydrogen) atoms. The van der Waals surface area contributed by atoms with Crippen molar-refractivity contribution in [2.24, 2.45) is 5.92 Å². The van der Waals surface area contributed by atoms with Crippen molar-refractivity contribution in [1.29, 1.82) is 0 Å². The summed E-state index contributed by atoms with van der Waals surface area (Å²) in [5, 5.41) is 3.96. The van der Waals surface area contributed by atoms with E-state index in [1.54, 1.807) is 12.4 Å². The van der Waals surface area contributed by atoms with Gasteiger partial charge in [-0.25, -0.2) is 0 Å². The molecular weight excluding hydrogens is 466 g/mol. The van der Waals surface area contributed by atoms with Crippen molar-refractivity contribution >= 4 is 17.5 Å². The molecule has 1 aromatic heterocycles. The number of nitrogens with zero attached hydrogens (tertiary/aromatic N) is 2. The molecule has 182 valence electrons. The second-order valence-corrected chi connectivity index (χ2v) is 9.20. The zero-order valence-corrected chi connectivity index (χ0v) is 20.1. The number of aromatic nitrogens is 1. The van der Waals surface area contributed by atoms with Gasteiger partial charge in [0.1, 0.15) is 12.4 Å². The van der Waals surface area contributed by atoms with Crippen LogP contribution in [0.5, 0.6) is 17.2 Å². The molecule has 3 aromatic rings. The number of halogens is 1. The first-order chi connectivity index (χ1) is 17.2. The van der Waals surface area contributed by atoms with Crippen LogP contribution in [0.2, 0.25) is 5.02 Å². The summed E-state index contributed by atoms with van der Waals surface area (Å²) in [4.78, 5) is 19.9. The van der Waals surface area contributed by atoms with E-state index in [4.69, 9.17) is 25.8 Å². The number of benzene rings is 2. The topological polar surface area (TPSA) is 72.9 Å². The third kappa shape index (κ3) is 5.86. The summed E-state index contributed by atoms with van der Waals surface area (Å²) in [6.07, 6.45) is 5.15. The average molecular weight is 494 g/mol. The van der Waals surface area contributed by atoms with Gasteiger partial charge in [-0.05, 0) is 79.5 Å². The number of nitrogens with one attached hydrogen (secondary N) is 1. The first kappa shape index (κ1) is 23.5. The minimum Gasteiger partial charge on any atom is -0.492 e. The summed E-state index contributed by atoms with van der Waals surface area (Å²) < 4.78 is 16.8. The molecule has 0 spiro atoms. The van der Waals surface area contributed by atoms with E-state index in [0.717, 1.165) is 55.1 Å². The number of hydrogen-bond acceptors (Lipinski definition) is 6. The molecule has 1 atom stereocenters. The van der Waals surface area contributed by atoms with Gasteiger partial charge in [0.15, 0.2) is 11.5 Å².